The summed E-state index contributed by atoms with van der Waals surface area (Å²) in [5.74, 6) is -0.507. The molecule has 27 heavy (non-hydrogen) atoms. The number of carbonyl (C=O) groups excluding carboxylic acids is 2. The maximum atomic E-state index is 12.6. The van der Waals surface area contributed by atoms with Gasteiger partial charge >= 0.3 is 6.18 Å². The van der Waals surface area contributed by atoms with Gasteiger partial charge in [-0.2, -0.15) is 13.2 Å². The standard InChI is InChI=1S/C18H17F3N4O2/c19-18(20,21)13-1-3-14(4-2-13)23-17(27)16-6-5-15(11-22-16)25-9-7-24(12-26)8-10-25/h1-6,11-12H,7-10H2,(H,23,27). The van der Waals surface area contributed by atoms with Gasteiger partial charge in [0, 0.05) is 31.9 Å². The second-order valence-electron chi connectivity index (χ2n) is 6.06. The van der Waals surface area contributed by atoms with Gasteiger partial charge in [-0.1, -0.05) is 0 Å². The lowest BCUT2D eigenvalue weighted by molar-refractivity contribution is -0.137. The van der Waals surface area contributed by atoms with Crippen molar-refractivity contribution in [2.75, 3.05) is 36.4 Å². The van der Waals surface area contributed by atoms with Crippen LogP contribution in [0, 0.1) is 0 Å². The Bertz CT molecular complexity index is 799. The zero-order valence-corrected chi connectivity index (χ0v) is 14.2. The molecular weight excluding hydrogens is 361 g/mol. The fourth-order valence-electron chi connectivity index (χ4n) is 2.73. The van der Waals surface area contributed by atoms with Crippen LogP contribution in [0.3, 0.4) is 0 Å². The van der Waals surface area contributed by atoms with Crippen LogP contribution in [-0.2, 0) is 11.0 Å². The summed E-state index contributed by atoms with van der Waals surface area (Å²) in [6, 6.07) is 7.52. The van der Waals surface area contributed by atoms with Crippen molar-refractivity contribution in [1.82, 2.24) is 9.88 Å². The van der Waals surface area contributed by atoms with E-state index in [9.17, 15) is 22.8 Å². The molecule has 0 unspecified atom stereocenters. The second kappa shape index (κ2) is 7.65. The predicted octanol–water partition coefficient (Wildman–Crippen LogP) is 2.63. The van der Waals surface area contributed by atoms with Crippen molar-refractivity contribution < 1.29 is 22.8 Å². The molecule has 1 aliphatic rings. The molecule has 0 radical (unpaired) electrons. The molecule has 1 saturated heterocycles. The maximum Gasteiger partial charge on any atom is 0.416 e. The number of nitrogens with zero attached hydrogens (tertiary/aromatic N) is 3. The van der Waals surface area contributed by atoms with Gasteiger partial charge in [-0.25, -0.2) is 4.98 Å². The lowest BCUT2D eigenvalue weighted by atomic mass is 10.2. The molecule has 2 heterocycles. The van der Waals surface area contributed by atoms with Crippen molar-refractivity contribution in [1.29, 1.82) is 0 Å². The summed E-state index contributed by atoms with van der Waals surface area (Å²) in [5, 5.41) is 2.52. The average Bonchev–Trinajstić information content (AvgIpc) is 2.68. The van der Waals surface area contributed by atoms with E-state index in [4.69, 9.17) is 0 Å². The predicted molar refractivity (Wildman–Crippen MR) is 93.5 cm³/mol. The molecule has 0 bridgehead atoms. The number of alkyl halides is 3. The summed E-state index contributed by atoms with van der Waals surface area (Å²) in [4.78, 5) is 30.8. The first-order valence-corrected chi connectivity index (χ1v) is 8.26. The molecule has 0 aliphatic carbocycles. The molecule has 0 spiro atoms. The zero-order valence-electron chi connectivity index (χ0n) is 14.2. The number of hydrogen-bond acceptors (Lipinski definition) is 4. The topological polar surface area (TPSA) is 65.5 Å². The van der Waals surface area contributed by atoms with Crippen LogP contribution in [0.4, 0.5) is 24.5 Å². The Balaban J connectivity index is 1.61. The molecule has 6 nitrogen and oxygen atoms in total. The van der Waals surface area contributed by atoms with Crippen molar-refractivity contribution >= 4 is 23.7 Å². The molecule has 1 aromatic heterocycles. The molecule has 3 rings (SSSR count). The van der Waals surface area contributed by atoms with Crippen LogP contribution in [0.5, 0.6) is 0 Å². The largest absolute Gasteiger partial charge is 0.416 e. The van der Waals surface area contributed by atoms with Crippen LogP contribution >= 0.6 is 0 Å². The summed E-state index contributed by atoms with van der Waals surface area (Å²) in [7, 11) is 0. The molecule has 1 aliphatic heterocycles. The highest BCUT2D eigenvalue weighted by Gasteiger charge is 2.30. The van der Waals surface area contributed by atoms with Crippen LogP contribution in [0.15, 0.2) is 42.6 Å². The van der Waals surface area contributed by atoms with Gasteiger partial charge < -0.3 is 15.1 Å². The van der Waals surface area contributed by atoms with E-state index < -0.39 is 17.6 Å². The highest BCUT2D eigenvalue weighted by molar-refractivity contribution is 6.02. The number of benzene rings is 1. The Morgan fingerprint density at radius 1 is 1.04 bits per heavy atom. The number of anilines is 2. The van der Waals surface area contributed by atoms with Gasteiger partial charge in [-0.05, 0) is 36.4 Å². The lowest BCUT2D eigenvalue weighted by Crippen LogP contribution is -2.45. The van der Waals surface area contributed by atoms with E-state index >= 15 is 0 Å². The first-order chi connectivity index (χ1) is 12.9. The Labute approximate surface area is 153 Å². The fraction of sp³-hybridized carbons (Fsp3) is 0.278. The van der Waals surface area contributed by atoms with Crippen LogP contribution in [-0.4, -0.2) is 48.4 Å². The molecule has 0 saturated carbocycles. The van der Waals surface area contributed by atoms with Crippen LogP contribution in [0.2, 0.25) is 0 Å². The number of hydrogen-bond donors (Lipinski definition) is 1. The number of aromatic nitrogens is 1. The SMILES string of the molecule is O=CN1CCN(c2ccc(C(=O)Nc3ccc(C(F)(F)F)cc3)nc2)CC1. The lowest BCUT2D eigenvalue weighted by Gasteiger charge is -2.33. The quantitative estimate of drug-likeness (QED) is 0.831. The van der Waals surface area contributed by atoms with E-state index in [1.165, 1.54) is 12.1 Å². The van der Waals surface area contributed by atoms with Gasteiger partial charge in [0.2, 0.25) is 6.41 Å². The first kappa shape index (κ1) is 18.7. The summed E-state index contributed by atoms with van der Waals surface area (Å²) in [6.07, 6.45) is -2.03. The molecule has 0 atom stereocenters. The van der Waals surface area contributed by atoms with Gasteiger partial charge in [0.1, 0.15) is 5.69 Å². The number of carbonyl (C=O) groups is 2. The molecule has 9 heteroatoms. The normalized spacial score (nSPS) is 14.8. The van der Waals surface area contributed by atoms with Crippen molar-refractivity contribution in [2.45, 2.75) is 6.18 Å². The van der Waals surface area contributed by atoms with E-state index in [-0.39, 0.29) is 11.4 Å². The molecule has 142 valence electrons. The molecule has 1 N–H and O–H groups in total. The number of halogens is 3. The zero-order chi connectivity index (χ0) is 19.4. The minimum absolute atomic E-state index is 0.158. The van der Waals surface area contributed by atoms with E-state index in [0.29, 0.717) is 26.2 Å². The van der Waals surface area contributed by atoms with E-state index in [1.54, 1.807) is 23.2 Å². The highest BCUT2D eigenvalue weighted by atomic mass is 19.4. The summed E-state index contributed by atoms with van der Waals surface area (Å²) < 4.78 is 37.7. The first-order valence-electron chi connectivity index (χ1n) is 8.26. The third-order valence-electron chi connectivity index (χ3n) is 4.28. The Morgan fingerprint density at radius 2 is 1.70 bits per heavy atom. The van der Waals surface area contributed by atoms with Gasteiger partial charge in [0.05, 0.1) is 17.4 Å². The molecule has 2 amide bonds. The highest BCUT2D eigenvalue weighted by Crippen LogP contribution is 2.29. The van der Waals surface area contributed by atoms with E-state index in [2.05, 4.69) is 15.2 Å². The monoisotopic (exact) mass is 378 g/mol. The number of rotatable bonds is 4. The third-order valence-corrected chi connectivity index (χ3v) is 4.28. The van der Waals surface area contributed by atoms with Crippen molar-refractivity contribution in [3.8, 4) is 0 Å². The Morgan fingerprint density at radius 3 is 2.22 bits per heavy atom. The molecule has 1 aromatic carbocycles. The summed E-state index contributed by atoms with van der Waals surface area (Å²) in [6.45, 7) is 2.61. The van der Waals surface area contributed by atoms with Gasteiger partial charge in [-0.15, -0.1) is 0 Å². The van der Waals surface area contributed by atoms with Crippen molar-refractivity contribution in [3.05, 3.63) is 53.9 Å². The van der Waals surface area contributed by atoms with Crippen molar-refractivity contribution in [3.63, 3.8) is 0 Å². The summed E-state index contributed by atoms with van der Waals surface area (Å²) in [5.41, 5.74) is 0.471. The number of nitrogens with one attached hydrogen (secondary N) is 1. The van der Waals surface area contributed by atoms with E-state index in [1.807, 2.05) is 0 Å². The van der Waals surface area contributed by atoms with Crippen LogP contribution < -0.4 is 10.2 Å². The minimum atomic E-state index is -4.42. The third kappa shape index (κ3) is 4.55. The Kier molecular flexibility index (Phi) is 5.29. The van der Waals surface area contributed by atoms with Gasteiger partial charge in [0.25, 0.3) is 5.91 Å². The maximum absolute atomic E-state index is 12.6. The number of amides is 2. The Hall–Kier alpha value is -3.10. The smallest absolute Gasteiger partial charge is 0.367 e. The molecule has 2 aromatic rings. The average molecular weight is 378 g/mol. The number of pyridine rings is 1. The van der Waals surface area contributed by atoms with Gasteiger partial charge in [0.15, 0.2) is 0 Å². The number of piperazine rings is 1. The van der Waals surface area contributed by atoms with E-state index in [0.717, 1.165) is 24.2 Å². The fourth-order valence-corrected chi connectivity index (χ4v) is 2.73. The van der Waals surface area contributed by atoms with Crippen LogP contribution in [0.1, 0.15) is 16.1 Å². The summed E-state index contributed by atoms with van der Waals surface area (Å²) >= 11 is 0. The minimum Gasteiger partial charge on any atom is -0.367 e. The molecular formula is C18H17F3N4O2. The second-order valence-corrected chi connectivity index (χ2v) is 6.06. The molecule has 1 fully saturated rings. The van der Waals surface area contributed by atoms with Crippen molar-refractivity contribution in [2.24, 2.45) is 0 Å². The van der Waals surface area contributed by atoms with Crippen LogP contribution in [0.25, 0.3) is 0 Å². The van der Waals surface area contributed by atoms with Gasteiger partial charge in [-0.3, -0.25) is 9.59 Å².